The van der Waals surface area contributed by atoms with Crippen LogP contribution >= 0.6 is 0 Å². The number of hydrogen-bond donors (Lipinski definition) is 1. The first kappa shape index (κ1) is 20.5. The van der Waals surface area contributed by atoms with Crippen molar-refractivity contribution in [3.05, 3.63) is 73.8 Å². The fourth-order valence-electron chi connectivity index (χ4n) is 2.32. The number of non-ortho nitro benzene ring substituents is 1. The molecule has 2 aromatic rings. The van der Waals surface area contributed by atoms with E-state index in [0.29, 0.717) is 11.1 Å². The highest BCUT2D eigenvalue weighted by atomic mass is 16.6. The molecule has 0 radical (unpaired) electrons. The van der Waals surface area contributed by atoms with Crippen molar-refractivity contribution >= 4 is 28.9 Å². The number of anilines is 1. The quantitative estimate of drug-likeness (QED) is 0.416. The first-order chi connectivity index (χ1) is 13.3. The lowest BCUT2D eigenvalue weighted by Crippen LogP contribution is -2.15. The van der Waals surface area contributed by atoms with Gasteiger partial charge in [-0.1, -0.05) is 18.2 Å². The van der Waals surface area contributed by atoms with E-state index in [1.807, 2.05) is 0 Å². The largest absolute Gasteiger partial charge is 0.461 e. The summed E-state index contributed by atoms with van der Waals surface area (Å²) in [7, 11) is 0. The zero-order valence-corrected chi connectivity index (χ0v) is 14.9. The molecule has 0 saturated heterocycles. The summed E-state index contributed by atoms with van der Waals surface area (Å²) < 4.78 is 4.99. The molecular weight excluding hydrogens is 370 g/mol. The van der Waals surface area contributed by atoms with Gasteiger partial charge in [0.15, 0.2) is 0 Å². The highest BCUT2D eigenvalue weighted by Gasteiger charge is 2.17. The van der Waals surface area contributed by atoms with Gasteiger partial charge in [0.1, 0.15) is 12.3 Å². The number of carbonyl (C=O) groups is 2. The van der Waals surface area contributed by atoms with Crippen molar-refractivity contribution < 1.29 is 24.2 Å². The first-order valence-corrected chi connectivity index (χ1v) is 8.20. The second-order valence-corrected chi connectivity index (χ2v) is 5.91. The van der Waals surface area contributed by atoms with Crippen molar-refractivity contribution in [1.82, 2.24) is 0 Å². The second kappa shape index (κ2) is 9.21. The van der Waals surface area contributed by atoms with Crippen LogP contribution in [0.2, 0.25) is 0 Å². The minimum absolute atomic E-state index is 0.0468. The normalized spacial score (nSPS) is 10.2. The van der Waals surface area contributed by atoms with Crippen LogP contribution in [0.4, 0.5) is 17.1 Å². The molecule has 146 valence electrons. The van der Waals surface area contributed by atoms with E-state index in [-0.39, 0.29) is 36.5 Å². The minimum atomic E-state index is -0.667. The lowest BCUT2D eigenvalue weighted by Gasteiger charge is -2.07. The number of rotatable bonds is 8. The molecule has 10 nitrogen and oxygen atoms in total. The van der Waals surface area contributed by atoms with Gasteiger partial charge in [-0.2, -0.15) is 0 Å². The molecule has 0 bridgehead atoms. The summed E-state index contributed by atoms with van der Waals surface area (Å²) in [6.07, 6.45) is -0.459. The molecule has 2 aromatic carbocycles. The van der Waals surface area contributed by atoms with E-state index in [0.717, 1.165) is 0 Å². The summed E-state index contributed by atoms with van der Waals surface area (Å²) in [5, 5.41) is 24.2. The van der Waals surface area contributed by atoms with E-state index in [1.54, 1.807) is 19.1 Å². The molecule has 0 aliphatic heterocycles. The van der Waals surface area contributed by atoms with Crippen molar-refractivity contribution in [1.29, 1.82) is 0 Å². The maximum Gasteiger partial charge on any atom is 0.306 e. The van der Waals surface area contributed by atoms with Crippen molar-refractivity contribution in [2.24, 2.45) is 0 Å². The number of aryl methyl sites for hydroxylation is 1. The zero-order valence-electron chi connectivity index (χ0n) is 14.9. The van der Waals surface area contributed by atoms with E-state index in [4.69, 9.17) is 4.74 Å². The van der Waals surface area contributed by atoms with E-state index in [9.17, 15) is 29.8 Å². The van der Waals surface area contributed by atoms with Gasteiger partial charge >= 0.3 is 5.97 Å². The third-order valence-corrected chi connectivity index (χ3v) is 3.70. The van der Waals surface area contributed by atoms with Gasteiger partial charge in [0.2, 0.25) is 5.91 Å². The number of esters is 1. The van der Waals surface area contributed by atoms with Crippen LogP contribution in [0.25, 0.3) is 0 Å². The predicted molar refractivity (Wildman–Crippen MR) is 98.6 cm³/mol. The predicted octanol–water partition coefficient (Wildman–Crippen LogP) is 3.27. The van der Waals surface area contributed by atoms with E-state index in [1.165, 1.54) is 30.3 Å². The van der Waals surface area contributed by atoms with Crippen molar-refractivity contribution in [2.75, 3.05) is 5.32 Å². The first-order valence-electron chi connectivity index (χ1n) is 8.20. The average molecular weight is 387 g/mol. The lowest BCUT2D eigenvalue weighted by atomic mass is 10.2. The number of hydrogen-bond acceptors (Lipinski definition) is 7. The number of amides is 1. The van der Waals surface area contributed by atoms with Gasteiger partial charge in [-0.15, -0.1) is 0 Å². The Bertz CT molecular complexity index is 927. The van der Waals surface area contributed by atoms with E-state index >= 15 is 0 Å². The van der Waals surface area contributed by atoms with Crippen molar-refractivity contribution in [3.63, 3.8) is 0 Å². The Morgan fingerprint density at radius 3 is 2.46 bits per heavy atom. The number of benzene rings is 2. The molecule has 0 spiro atoms. The van der Waals surface area contributed by atoms with Crippen LogP contribution in [0.1, 0.15) is 24.0 Å². The maximum atomic E-state index is 12.0. The molecule has 0 aliphatic carbocycles. The van der Waals surface area contributed by atoms with Crippen molar-refractivity contribution in [2.45, 2.75) is 26.4 Å². The molecule has 0 aliphatic rings. The summed E-state index contributed by atoms with van der Waals surface area (Å²) in [6.45, 7) is 1.53. The number of nitrogens with zero attached hydrogens (tertiary/aromatic N) is 2. The minimum Gasteiger partial charge on any atom is -0.461 e. The van der Waals surface area contributed by atoms with Crippen LogP contribution in [0.15, 0.2) is 42.5 Å². The van der Waals surface area contributed by atoms with Crippen LogP contribution in [0.5, 0.6) is 0 Å². The van der Waals surface area contributed by atoms with Gasteiger partial charge in [-0.05, 0) is 24.1 Å². The lowest BCUT2D eigenvalue weighted by molar-refractivity contribution is -0.385. The Morgan fingerprint density at radius 2 is 1.79 bits per heavy atom. The maximum absolute atomic E-state index is 12.0. The number of carbonyl (C=O) groups excluding carboxylic acids is 2. The molecule has 0 atom stereocenters. The highest BCUT2D eigenvalue weighted by Crippen LogP contribution is 2.25. The molecule has 28 heavy (non-hydrogen) atoms. The van der Waals surface area contributed by atoms with Crippen LogP contribution < -0.4 is 5.32 Å². The highest BCUT2D eigenvalue weighted by molar-refractivity contribution is 5.94. The molecule has 10 heteroatoms. The third-order valence-electron chi connectivity index (χ3n) is 3.70. The van der Waals surface area contributed by atoms with Crippen LogP contribution in [-0.4, -0.2) is 21.7 Å². The number of nitrogens with one attached hydrogen (secondary N) is 1. The molecule has 0 aromatic heterocycles. The van der Waals surface area contributed by atoms with Gasteiger partial charge in [0.25, 0.3) is 11.4 Å². The monoisotopic (exact) mass is 387 g/mol. The van der Waals surface area contributed by atoms with E-state index < -0.39 is 21.7 Å². The number of nitro benzene ring substituents is 2. The Balaban J connectivity index is 1.84. The van der Waals surface area contributed by atoms with Gasteiger partial charge in [0, 0.05) is 24.6 Å². The molecule has 1 N–H and O–H groups in total. The summed E-state index contributed by atoms with van der Waals surface area (Å²) in [4.78, 5) is 44.3. The van der Waals surface area contributed by atoms with Crippen LogP contribution in [-0.2, 0) is 20.9 Å². The van der Waals surface area contributed by atoms with Crippen molar-refractivity contribution in [3.8, 4) is 0 Å². The van der Waals surface area contributed by atoms with E-state index in [2.05, 4.69) is 5.32 Å². The summed E-state index contributed by atoms with van der Waals surface area (Å²) in [5.41, 5.74) is 0.816. The van der Waals surface area contributed by atoms with Crippen LogP contribution in [0, 0.1) is 27.2 Å². The fourth-order valence-corrected chi connectivity index (χ4v) is 2.32. The molecule has 1 amide bonds. The summed E-state index contributed by atoms with van der Waals surface area (Å²) in [6, 6.07) is 10.0. The summed E-state index contributed by atoms with van der Waals surface area (Å²) >= 11 is 0. The molecule has 0 saturated carbocycles. The van der Waals surface area contributed by atoms with Crippen LogP contribution in [0.3, 0.4) is 0 Å². The molecular formula is C18H17N3O7. The summed E-state index contributed by atoms with van der Waals surface area (Å²) in [5.74, 6) is -1.24. The number of nitro groups is 2. The average Bonchev–Trinajstić information content (AvgIpc) is 2.66. The Hall–Kier alpha value is -3.82. The molecule has 2 rings (SSSR count). The Morgan fingerprint density at radius 1 is 1.04 bits per heavy atom. The van der Waals surface area contributed by atoms with Gasteiger partial charge in [0.05, 0.1) is 16.3 Å². The topological polar surface area (TPSA) is 142 Å². The Labute approximate surface area is 159 Å². The van der Waals surface area contributed by atoms with Gasteiger partial charge in [-0.25, -0.2) is 0 Å². The van der Waals surface area contributed by atoms with Gasteiger partial charge in [-0.3, -0.25) is 29.8 Å². The zero-order chi connectivity index (χ0) is 20.7. The second-order valence-electron chi connectivity index (χ2n) is 5.91. The molecule has 0 unspecified atom stereocenters. The molecule has 0 heterocycles. The number of ether oxygens (including phenoxy) is 1. The smallest absolute Gasteiger partial charge is 0.306 e. The Kier molecular flexibility index (Phi) is 6.74. The molecule has 0 fully saturated rings. The SMILES string of the molecule is Cc1ccc(NC(=O)CCC(=O)OCc2cccc([N+](=O)[O-])c2)c([N+](=O)[O-])c1. The fraction of sp³-hybridized carbons (Fsp3) is 0.222. The van der Waals surface area contributed by atoms with Gasteiger partial charge < -0.3 is 10.1 Å². The standard InChI is InChI=1S/C18H17N3O7/c1-12-5-6-15(16(9-12)21(26)27)19-17(22)7-8-18(23)28-11-13-3-2-4-14(10-13)20(24)25/h2-6,9-10H,7-8,11H2,1H3,(H,19,22). The third kappa shape index (κ3) is 5.87.